The summed E-state index contributed by atoms with van der Waals surface area (Å²) in [5.41, 5.74) is -0.0488. The monoisotopic (exact) mass is 485 g/mol. The van der Waals surface area contributed by atoms with Crippen LogP contribution in [0.15, 0.2) is 30.3 Å². The van der Waals surface area contributed by atoms with Crippen LogP contribution in [0.25, 0.3) is 11.3 Å². The SMILES string of the molecule is CC(COS(C)(=O)=O)(COS(C)(=O)=O)c1cc(Cl)nc(-c2ccc(F)c(Cl)c2)c1. The number of rotatable bonds is 8. The number of aromatic nitrogens is 1. The minimum absolute atomic E-state index is 0.0443. The van der Waals surface area contributed by atoms with Crippen LogP contribution in [0.2, 0.25) is 10.2 Å². The first-order valence-corrected chi connectivity index (χ1v) is 12.4. The molecular formula is C17H18Cl2FNO6S2. The molecule has 2 rings (SSSR count). The molecule has 0 saturated carbocycles. The number of nitrogens with zero attached hydrogens (tertiary/aromatic N) is 1. The molecule has 12 heteroatoms. The van der Waals surface area contributed by atoms with Crippen molar-refractivity contribution in [3.8, 4) is 11.3 Å². The van der Waals surface area contributed by atoms with Crippen LogP contribution in [-0.2, 0) is 34.0 Å². The standard InChI is InChI=1S/C17H18Cl2FNO6S2/c1-17(9-26-28(2,22)23,10-27-29(3,24)25)12-7-15(21-16(19)8-12)11-4-5-14(20)13(18)6-11/h4-8H,9-10H2,1-3H3. The lowest BCUT2D eigenvalue weighted by Gasteiger charge is -2.29. The molecule has 0 aliphatic carbocycles. The van der Waals surface area contributed by atoms with E-state index in [1.165, 1.54) is 24.3 Å². The van der Waals surface area contributed by atoms with E-state index in [0.717, 1.165) is 12.5 Å². The highest BCUT2D eigenvalue weighted by Crippen LogP contribution is 2.32. The molecule has 0 unspecified atom stereocenters. The highest BCUT2D eigenvalue weighted by Gasteiger charge is 2.32. The van der Waals surface area contributed by atoms with Crippen molar-refractivity contribution in [3.63, 3.8) is 0 Å². The van der Waals surface area contributed by atoms with E-state index in [0.29, 0.717) is 16.8 Å². The molecule has 0 spiro atoms. The maximum Gasteiger partial charge on any atom is 0.264 e. The molecule has 0 N–H and O–H groups in total. The van der Waals surface area contributed by atoms with Crippen LogP contribution < -0.4 is 0 Å². The van der Waals surface area contributed by atoms with E-state index in [1.807, 2.05) is 0 Å². The fraction of sp³-hybridized carbons (Fsp3) is 0.353. The Morgan fingerprint density at radius 1 is 1.00 bits per heavy atom. The molecule has 0 saturated heterocycles. The van der Waals surface area contributed by atoms with Gasteiger partial charge in [-0.1, -0.05) is 30.1 Å². The van der Waals surface area contributed by atoms with Crippen molar-refractivity contribution in [1.29, 1.82) is 0 Å². The van der Waals surface area contributed by atoms with Crippen molar-refractivity contribution in [1.82, 2.24) is 4.98 Å². The smallest absolute Gasteiger partial charge is 0.264 e. The van der Waals surface area contributed by atoms with Gasteiger partial charge in [-0.25, -0.2) is 9.37 Å². The predicted octanol–water partition coefficient (Wildman–Crippen LogP) is 3.40. The van der Waals surface area contributed by atoms with Crippen LogP contribution in [0.4, 0.5) is 4.39 Å². The molecule has 7 nitrogen and oxygen atoms in total. The lowest BCUT2D eigenvalue weighted by molar-refractivity contribution is 0.164. The number of hydrogen-bond donors (Lipinski definition) is 0. The molecule has 160 valence electrons. The van der Waals surface area contributed by atoms with Gasteiger partial charge in [0, 0.05) is 11.0 Å². The first-order valence-electron chi connectivity index (χ1n) is 8.01. The Hall–Kier alpha value is -1.30. The molecule has 1 aromatic carbocycles. The molecule has 1 aromatic heterocycles. The van der Waals surface area contributed by atoms with E-state index in [4.69, 9.17) is 31.6 Å². The lowest BCUT2D eigenvalue weighted by atomic mass is 9.84. The van der Waals surface area contributed by atoms with Crippen LogP contribution >= 0.6 is 23.2 Å². The van der Waals surface area contributed by atoms with Crippen LogP contribution in [0, 0.1) is 5.82 Å². The summed E-state index contributed by atoms with van der Waals surface area (Å²) < 4.78 is 69.1. The average molecular weight is 486 g/mol. The van der Waals surface area contributed by atoms with Gasteiger partial charge in [-0.3, -0.25) is 8.37 Å². The molecule has 0 radical (unpaired) electrons. The topological polar surface area (TPSA) is 99.6 Å². The zero-order chi connectivity index (χ0) is 22.0. The Kier molecular flexibility index (Phi) is 7.30. The van der Waals surface area contributed by atoms with Crippen molar-refractivity contribution in [3.05, 3.63) is 51.9 Å². The van der Waals surface area contributed by atoms with Crippen molar-refractivity contribution in [2.75, 3.05) is 25.7 Å². The summed E-state index contributed by atoms with van der Waals surface area (Å²) in [5.74, 6) is -0.606. The highest BCUT2D eigenvalue weighted by molar-refractivity contribution is 7.86. The van der Waals surface area contributed by atoms with Crippen LogP contribution in [0.1, 0.15) is 12.5 Å². The Morgan fingerprint density at radius 2 is 1.55 bits per heavy atom. The molecule has 0 amide bonds. The Bertz CT molecular complexity index is 1090. The van der Waals surface area contributed by atoms with Gasteiger partial charge in [-0.15, -0.1) is 0 Å². The number of benzene rings is 1. The van der Waals surface area contributed by atoms with Gasteiger partial charge in [0.15, 0.2) is 0 Å². The molecule has 0 fully saturated rings. The maximum atomic E-state index is 13.5. The zero-order valence-corrected chi connectivity index (χ0v) is 18.8. The van der Waals surface area contributed by atoms with Crippen molar-refractivity contribution in [2.45, 2.75) is 12.3 Å². The van der Waals surface area contributed by atoms with Gasteiger partial charge in [-0.05, 0) is 35.9 Å². The van der Waals surface area contributed by atoms with E-state index < -0.39 is 44.7 Å². The molecule has 0 aliphatic rings. The first kappa shape index (κ1) is 24.0. The zero-order valence-electron chi connectivity index (χ0n) is 15.6. The minimum Gasteiger partial charge on any atom is -0.269 e. The summed E-state index contributed by atoms with van der Waals surface area (Å²) in [4.78, 5) is 4.17. The fourth-order valence-electron chi connectivity index (χ4n) is 2.33. The maximum absolute atomic E-state index is 13.5. The number of pyridine rings is 1. The molecular weight excluding hydrogens is 468 g/mol. The van der Waals surface area contributed by atoms with Gasteiger partial charge in [0.05, 0.1) is 36.4 Å². The van der Waals surface area contributed by atoms with Crippen LogP contribution in [-0.4, -0.2) is 47.5 Å². The predicted molar refractivity (Wildman–Crippen MR) is 109 cm³/mol. The Morgan fingerprint density at radius 3 is 2.03 bits per heavy atom. The Balaban J connectivity index is 2.53. The van der Waals surface area contributed by atoms with Crippen LogP contribution in [0.5, 0.6) is 0 Å². The molecule has 1 heterocycles. The molecule has 0 bridgehead atoms. The summed E-state index contributed by atoms with van der Waals surface area (Å²) in [6.07, 6.45) is 1.74. The van der Waals surface area contributed by atoms with E-state index in [-0.39, 0.29) is 10.2 Å². The number of halogens is 3. The van der Waals surface area contributed by atoms with Crippen molar-refractivity contribution < 1.29 is 29.6 Å². The summed E-state index contributed by atoms with van der Waals surface area (Å²) in [6, 6.07) is 6.95. The molecule has 0 aliphatic heterocycles. The second kappa shape index (κ2) is 8.83. The average Bonchev–Trinajstić information content (AvgIpc) is 2.59. The highest BCUT2D eigenvalue weighted by atomic mass is 35.5. The van der Waals surface area contributed by atoms with Crippen molar-refractivity contribution >= 4 is 43.4 Å². The third kappa shape index (κ3) is 7.16. The van der Waals surface area contributed by atoms with E-state index in [2.05, 4.69) is 4.98 Å². The summed E-state index contributed by atoms with van der Waals surface area (Å²) >= 11 is 11.9. The summed E-state index contributed by atoms with van der Waals surface area (Å²) in [7, 11) is -7.63. The van der Waals surface area contributed by atoms with Crippen molar-refractivity contribution in [2.24, 2.45) is 0 Å². The third-order valence-electron chi connectivity index (χ3n) is 3.89. The third-order valence-corrected chi connectivity index (χ3v) is 5.46. The van der Waals surface area contributed by atoms with Gasteiger partial charge in [0.2, 0.25) is 0 Å². The first-order chi connectivity index (χ1) is 13.2. The minimum atomic E-state index is -3.81. The number of hydrogen-bond acceptors (Lipinski definition) is 7. The van der Waals surface area contributed by atoms with Gasteiger partial charge in [0.1, 0.15) is 11.0 Å². The van der Waals surface area contributed by atoms with E-state index >= 15 is 0 Å². The second-order valence-corrected chi connectivity index (χ2v) is 10.8. The van der Waals surface area contributed by atoms with Gasteiger partial charge in [0.25, 0.3) is 20.2 Å². The van der Waals surface area contributed by atoms with Gasteiger partial charge in [-0.2, -0.15) is 16.8 Å². The molecule has 2 aromatic rings. The Labute approximate surface area is 179 Å². The van der Waals surface area contributed by atoms with E-state index in [9.17, 15) is 21.2 Å². The van der Waals surface area contributed by atoms with Gasteiger partial charge < -0.3 is 0 Å². The fourth-order valence-corrected chi connectivity index (χ4v) is 3.67. The largest absolute Gasteiger partial charge is 0.269 e. The van der Waals surface area contributed by atoms with E-state index in [1.54, 1.807) is 13.0 Å². The summed E-state index contributed by atoms with van der Waals surface area (Å²) in [6.45, 7) is 0.729. The molecule has 0 atom stereocenters. The molecule has 29 heavy (non-hydrogen) atoms. The summed E-state index contributed by atoms with van der Waals surface area (Å²) in [5, 5.41) is -0.0720. The second-order valence-electron chi connectivity index (χ2n) is 6.69. The quantitative estimate of drug-likeness (QED) is 0.417. The van der Waals surface area contributed by atoms with Gasteiger partial charge >= 0.3 is 0 Å². The normalized spacial score (nSPS) is 12.9. The van der Waals surface area contributed by atoms with Crippen LogP contribution in [0.3, 0.4) is 0 Å². The lowest BCUT2D eigenvalue weighted by Crippen LogP contribution is -2.35.